The second-order valence-electron chi connectivity index (χ2n) is 2.26. The molecule has 0 aliphatic carbocycles. The van der Waals surface area contributed by atoms with E-state index in [9.17, 15) is 0 Å². The van der Waals surface area contributed by atoms with Gasteiger partial charge in [0.25, 0.3) is 0 Å². The number of aliphatic imine (C=N–C) groups is 2. The highest BCUT2D eigenvalue weighted by atomic mass is 32.2. The molecule has 0 aromatic rings. The molecule has 0 bridgehead atoms. The number of hydrogen-bond acceptors (Lipinski definition) is 3. The van der Waals surface area contributed by atoms with E-state index in [1.807, 2.05) is 18.8 Å². The van der Waals surface area contributed by atoms with Gasteiger partial charge in [-0.2, -0.15) is 0 Å². The lowest BCUT2D eigenvalue weighted by molar-refractivity contribution is 0.714. The van der Waals surface area contributed by atoms with E-state index in [0.717, 1.165) is 18.6 Å². The summed E-state index contributed by atoms with van der Waals surface area (Å²) in [6.07, 6.45) is 4.18. The maximum Gasteiger partial charge on any atom is 0.0603 e. The van der Waals surface area contributed by atoms with Crippen molar-refractivity contribution >= 4 is 23.5 Å². The van der Waals surface area contributed by atoms with Crippen LogP contribution < -0.4 is 0 Å². The Morgan fingerprint density at radius 2 is 2.80 bits per heavy atom. The standard InChI is InChI=1S/C7H12N2S/c1-8-4-2-3-7-5-10-6-9-7/h4,6-7H,2-3,5H2,1H3/b8-4-. The fourth-order valence-corrected chi connectivity index (χ4v) is 1.70. The molecule has 1 rings (SSSR count). The maximum atomic E-state index is 4.28. The van der Waals surface area contributed by atoms with Gasteiger partial charge < -0.3 is 4.99 Å². The number of hydrogen-bond donors (Lipinski definition) is 0. The van der Waals surface area contributed by atoms with Gasteiger partial charge in [0, 0.05) is 12.8 Å². The Hall–Kier alpha value is -0.310. The van der Waals surface area contributed by atoms with Gasteiger partial charge in [-0.1, -0.05) is 0 Å². The minimum Gasteiger partial charge on any atom is -0.301 e. The summed E-state index contributed by atoms with van der Waals surface area (Å²) < 4.78 is 0. The molecule has 0 radical (unpaired) electrons. The summed E-state index contributed by atoms with van der Waals surface area (Å²) in [5, 5.41) is 0. The molecule has 0 saturated heterocycles. The molecule has 1 unspecified atom stereocenters. The summed E-state index contributed by atoms with van der Waals surface area (Å²) in [5.74, 6) is 1.16. The molecule has 0 aromatic heterocycles. The van der Waals surface area contributed by atoms with Crippen LogP contribution in [0.4, 0.5) is 0 Å². The highest BCUT2D eigenvalue weighted by Crippen LogP contribution is 2.14. The monoisotopic (exact) mass is 156 g/mol. The summed E-state index contributed by atoms with van der Waals surface area (Å²) in [6.45, 7) is 0. The van der Waals surface area contributed by atoms with Gasteiger partial charge in [-0.3, -0.25) is 4.99 Å². The van der Waals surface area contributed by atoms with Crippen LogP contribution in [-0.2, 0) is 0 Å². The first kappa shape index (κ1) is 7.79. The van der Waals surface area contributed by atoms with Crippen LogP contribution in [0.1, 0.15) is 12.8 Å². The topological polar surface area (TPSA) is 24.7 Å². The molecule has 3 heteroatoms. The van der Waals surface area contributed by atoms with Gasteiger partial charge in [0.1, 0.15) is 0 Å². The minimum absolute atomic E-state index is 0.558. The van der Waals surface area contributed by atoms with Gasteiger partial charge in [0.05, 0.1) is 11.6 Å². The van der Waals surface area contributed by atoms with E-state index in [2.05, 4.69) is 9.98 Å². The fourth-order valence-electron chi connectivity index (χ4n) is 0.880. The van der Waals surface area contributed by atoms with Crippen molar-refractivity contribution in [1.29, 1.82) is 0 Å². The van der Waals surface area contributed by atoms with E-state index in [-0.39, 0.29) is 0 Å². The van der Waals surface area contributed by atoms with Gasteiger partial charge >= 0.3 is 0 Å². The fraction of sp³-hybridized carbons (Fsp3) is 0.714. The number of rotatable bonds is 3. The molecule has 0 saturated carbocycles. The average Bonchev–Trinajstić information content (AvgIpc) is 2.41. The summed E-state index contributed by atoms with van der Waals surface area (Å²) in [7, 11) is 1.81. The van der Waals surface area contributed by atoms with Crippen molar-refractivity contribution in [3.8, 4) is 0 Å². The largest absolute Gasteiger partial charge is 0.301 e. The normalized spacial score (nSPS) is 24.7. The highest BCUT2D eigenvalue weighted by Gasteiger charge is 2.08. The van der Waals surface area contributed by atoms with Crippen LogP contribution >= 0.6 is 11.8 Å². The van der Waals surface area contributed by atoms with Crippen molar-refractivity contribution in [3.05, 3.63) is 0 Å². The molecule has 1 atom stereocenters. The van der Waals surface area contributed by atoms with Crippen molar-refractivity contribution in [2.75, 3.05) is 12.8 Å². The smallest absolute Gasteiger partial charge is 0.0603 e. The van der Waals surface area contributed by atoms with E-state index >= 15 is 0 Å². The van der Waals surface area contributed by atoms with Crippen molar-refractivity contribution < 1.29 is 0 Å². The van der Waals surface area contributed by atoms with E-state index in [1.165, 1.54) is 0 Å². The zero-order valence-electron chi connectivity index (χ0n) is 6.16. The quantitative estimate of drug-likeness (QED) is 0.570. The molecule has 0 amide bonds. The van der Waals surface area contributed by atoms with Crippen molar-refractivity contribution in [1.82, 2.24) is 0 Å². The van der Waals surface area contributed by atoms with E-state index in [1.54, 1.807) is 11.8 Å². The first-order chi connectivity index (χ1) is 4.93. The average molecular weight is 156 g/mol. The van der Waals surface area contributed by atoms with Gasteiger partial charge in [-0.15, -0.1) is 11.8 Å². The molecule has 0 aromatic carbocycles. The molecular weight excluding hydrogens is 144 g/mol. The Morgan fingerprint density at radius 1 is 1.90 bits per heavy atom. The third kappa shape index (κ3) is 2.52. The van der Waals surface area contributed by atoms with Crippen LogP contribution in [0.2, 0.25) is 0 Å². The summed E-state index contributed by atoms with van der Waals surface area (Å²) >= 11 is 1.80. The van der Waals surface area contributed by atoms with Crippen LogP contribution in [0.3, 0.4) is 0 Å². The number of thioether (sulfide) groups is 1. The molecule has 1 aliphatic heterocycles. The number of nitrogens with zero attached hydrogens (tertiary/aromatic N) is 2. The molecule has 0 spiro atoms. The van der Waals surface area contributed by atoms with E-state index in [0.29, 0.717) is 6.04 Å². The van der Waals surface area contributed by atoms with Crippen LogP contribution in [0.5, 0.6) is 0 Å². The second-order valence-corrected chi connectivity index (χ2v) is 3.14. The van der Waals surface area contributed by atoms with Gasteiger partial charge in [0.15, 0.2) is 0 Å². The van der Waals surface area contributed by atoms with E-state index in [4.69, 9.17) is 0 Å². The van der Waals surface area contributed by atoms with Crippen molar-refractivity contribution in [2.45, 2.75) is 18.9 Å². The summed E-state index contributed by atoms with van der Waals surface area (Å²) in [5.41, 5.74) is 1.95. The summed E-state index contributed by atoms with van der Waals surface area (Å²) in [6, 6.07) is 0.558. The third-order valence-corrected chi connectivity index (χ3v) is 2.29. The Labute approximate surface area is 65.8 Å². The first-order valence-corrected chi connectivity index (χ1v) is 4.52. The van der Waals surface area contributed by atoms with Crippen LogP contribution in [0.15, 0.2) is 9.98 Å². The molecule has 10 heavy (non-hydrogen) atoms. The van der Waals surface area contributed by atoms with Crippen LogP contribution in [-0.4, -0.2) is 30.6 Å². The van der Waals surface area contributed by atoms with Gasteiger partial charge in [0.2, 0.25) is 0 Å². The lowest BCUT2D eigenvalue weighted by atomic mass is 10.2. The van der Waals surface area contributed by atoms with Crippen LogP contribution in [0, 0.1) is 0 Å². The molecule has 2 nitrogen and oxygen atoms in total. The predicted octanol–water partition coefficient (Wildman–Crippen LogP) is 1.61. The molecule has 0 fully saturated rings. The van der Waals surface area contributed by atoms with Gasteiger partial charge in [-0.05, 0) is 19.1 Å². The molecule has 0 N–H and O–H groups in total. The Morgan fingerprint density at radius 3 is 3.40 bits per heavy atom. The zero-order chi connectivity index (χ0) is 7.23. The maximum absolute atomic E-state index is 4.28. The lowest BCUT2D eigenvalue weighted by Crippen LogP contribution is -2.02. The lowest BCUT2D eigenvalue weighted by Gasteiger charge is -2.00. The molecule has 1 heterocycles. The predicted molar refractivity (Wildman–Crippen MR) is 48.4 cm³/mol. The van der Waals surface area contributed by atoms with E-state index < -0.39 is 0 Å². The SMILES string of the molecule is C/N=C\CCC1CSC=N1. The Balaban J connectivity index is 2.07. The highest BCUT2D eigenvalue weighted by molar-refractivity contribution is 8.12. The van der Waals surface area contributed by atoms with Crippen LogP contribution in [0.25, 0.3) is 0 Å². The van der Waals surface area contributed by atoms with Crippen molar-refractivity contribution in [3.63, 3.8) is 0 Å². The van der Waals surface area contributed by atoms with Crippen molar-refractivity contribution in [2.24, 2.45) is 9.98 Å². The molecule has 1 aliphatic rings. The first-order valence-electron chi connectivity index (χ1n) is 3.47. The Kier molecular flexibility index (Phi) is 3.50. The minimum atomic E-state index is 0.558. The Bertz CT molecular complexity index is 143. The zero-order valence-corrected chi connectivity index (χ0v) is 6.97. The second kappa shape index (κ2) is 4.50. The summed E-state index contributed by atoms with van der Waals surface area (Å²) in [4.78, 5) is 8.20. The molecular formula is C7H12N2S. The van der Waals surface area contributed by atoms with Gasteiger partial charge in [-0.25, -0.2) is 0 Å². The third-order valence-electron chi connectivity index (χ3n) is 1.45. The molecule has 56 valence electrons.